The third-order valence-corrected chi connectivity index (χ3v) is 6.25. The number of aromatic nitrogens is 3. The Morgan fingerprint density at radius 1 is 1.16 bits per heavy atom. The van der Waals surface area contributed by atoms with Crippen molar-refractivity contribution < 1.29 is 4.79 Å². The highest BCUT2D eigenvalue weighted by Gasteiger charge is 2.30. The van der Waals surface area contributed by atoms with Gasteiger partial charge >= 0.3 is 0 Å². The summed E-state index contributed by atoms with van der Waals surface area (Å²) in [6, 6.07) is 8.27. The lowest BCUT2D eigenvalue weighted by molar-refractivity contribution is 0.0958. The Balaban J connectivity index is 1.48. The quantitative estimate of drug-likeness (QED) is 0.640. The molecule has 8 nitrogen and oxygen atoms in total. The molecule has 0 unspecified atom stereocenters. The van der Waals surface area contributed by atoms with Gasteiger partial charge in [-0.25, -0.2) is 4.98 Å². The molecule has 0 spiro atoms. The summed E-state index contributed by atoms with van der Waals surface area (Å²) in [6.07, 6.45) is 4.37. The highest BCUT2D eigenvalue weighted by molar-refractivity contribution is 5.92. The van der Waals surface area contributed by atoms with Crippen LogP contribution in [0.1, 0.15) is 42.4 Å². The van der Waals surface area contributed by atoms with Gasteiger partial charge < -0.3 is 15.2 Å². The van der Waals surface area contributed by atoms with Gasteiger partial charge in [0.25, 0.3) is 11.5 Å². The maximum Gasteiger partial charge on any atom is 0.269 e. The lowest BCUT2D eigenvalue weighted by atomic mass is 10.1. The first-order valence-corrected chi connectivity index (χ1v) is 11.1. The van der Waals surface area contributed by atoms with Crippen molar-refractivity contribution >= 4 is 22.6 Å². The van der Waals surface area contributed by atoms with E-state index in [0.29, 0.717) is 24.2 Å². The van der Waals surface area contributed by atoms with Gasteiger partial charge in [-0.3, -0.25) is 19.5 Å². The van der Waals surface area contributed by atoms with Crippen LogP contribution in [0.15, 0.2) is 41.5 Å². The van der Waals surface area contributed by atoms with Crippen molar-refractivity contribution in [2.45, 2.75) is 45.8 Å². The van der Waals surface area contributed by atoms with Crippen molar-refractivity contribution in [2.75, 3.05) is 25.0 Å². The molecule has 0 saturated carbocycles. The van der Waals surface area contributed by atoms with Crippen molar-refractivity contribution in [1.29, 1.82) is 0 Å². The summed E-state index contributed by atoms with van der Waals surface area (Å²) < 4.78 is 0. The van der Waals surface area contributed by atoms with E-state index in [4.69, 9.17) is 0 Å². The minimum absolute atomic E-state index is 0.0367. The molecule has 0 bridgehead atoms. The zero-order valence-electron chi connectivity index (χ0n) is 19.1. The Morgan fingerprint density at radius 3 is 2.53 bits per heavy atom. The fraction of sp³-hybridized carbons (Fsp3) is 0.417. The number of fused-ring (bicyclic) bond motifs is 1. The van der Waals surface area contributed by atoms with Crippen molar-refractivity contribution in [3.05, 3.63) is 63.8 Å². The van der Waals surface area contributed by atoms with E-state index in [1.165, 1.54) is 0 Å². The first kappa shape index (κ1) is 22.0. The fourth-order valence-corrected chi connectivity index (χ4v) is 4.44. The van der Waals surface area contributed by atoms with Gasteiger partial charge in [0, 0.05) is 50.5 Å². The number of amides is 1. The number of aryl methyl sites for hydroxylation is 1. The van der Waals surface area contributed by atoms with E-state index in [1.54, 1.807) is 19.3 Å². The Hall–Kier alpha value is -3.26. The zero-order valence-corrected chi connectivity index (χ0v) is 19.1. The van der Waals surface area contributed by atoms with E-state index in [0.717, 1.165) is 47.5 Å². The summed E-state index contributed by atoms with van der Waals surface area (Å²) in [5.74, 6) is -0.181. The smallest absolute Gasteiger partial charge is 0.269 e. The second-order valence-corrected chi connectivity index (χ2v) is 8.51. The maximum atomic E-state index is 12.2. The van der Waals surface area contributed by atoms with Crippen molar-refractivity contribution in [3.8, 4) is 0 Å². The number of anilines is 1. The summed E-state index contributed by atoms with van der Waals surface area (Å²) in [5, 5.41) is 2.60. The summed E-state index contributed by atoms with van der Waals surface area (Å²) in [7, 11) is 1.60. The molecular weight excluding hydrogens is 404 g/mol. The van der Waals surface area contributed by atoms with Crippen LogP contribution in [0.3, 0.4) is 0 Å². The molecule has 0 radical (unpaired) electrons. The number of carbonyl (C=O) groups excluding carboxylic acids is 1. The number of nitrogens with zero attached hydrogens (tertiary/aromatic N) is 4. The number of nitrogens with one attached hydrogen (secondary N) is 2. The van der Waals surface area contributed by atoms with Gasteiger partial charge in [0.15, 0.2) is 0 Å². The number of aromatic amines is 1. The van der Waals surface area contributed by atoms with E-state index in [9.17, 15) is 9.59 Å². The summed E-state index contributed by atoms with van der Waals surface area (Å²) in [6.45, 7) is 8.91. The molecule has 3 aromatic rings. The van der Waals surface area contributed by atoms with Crippen LogP contribution < -0.4 is 15.8 Å². The van der Waals surface area contributed by atoms with Crippen LogP contribution in [-0.2, 0) is 13.0 Å². The average Bonchev–Trinajstić information content (AvgIpc) is 2.80. The third-order valence-electron chi connectivity index (χ3n) is 6.25. The molecule has 168 valence electrons. The highest BCUT2D eigenvalue weighted by atomic mass is 16.1. The van der Waals surface area contributed by atoms with Crippen LogP contribution in [0.5, 0.6) is 0 Å². The summed E-state index contributed by atoms with van der Waals surface area (Å²) in [5.41, 5.74) is 4.85. The molecule has 32 heavy (non-hydrogen) atoms. The molecule has 4 rings (SSSR count). The molecule has 1 saturated heterocycles. The van der Waals surface area contributed by atoms with Gasteiger partial charge in [-0.05, 0) is 50.1 Å². The Kier molecular flexibility index (Phi) is 6.23. The van der Waals surface area contributed by atoms with E-state index < -0.39 is 0 Å². The van der Waals surface area contributed by atoms with Crippen LogP contribution >= 0.6 is 0 Å². The van der Waals surface area contributed by atoms with Crippen LogP contribution in [0.4, 0.5) is 5.69 Å². The fourth-order valence-electron chi connectivity index (χ4n) is 4.44. The first-order chi connectivity index (χ1) is 15.4. The molecule has 8 heteroatoms. The standard InChI is InChI=1S/C24H30N6O2/c1-5-18-9-21-22(28-23(18)31)8-17(10-26-21)14-30-15(2)12-29(13-16(30)3)19-6-7-20(27-11-19)24(32)25-4/h6-11,15-16H,5,12-14H2,1-4H3,(H,25,32)(H,28,31)/t15-,16-/m0/s1. The van der Waals surface area contributed by atoms with Gasteiger partial charge in [-0.15, -0.1) is 0 Å². The number of carbonyl (C=O) groups is 1. The maximum absolute atomic E-state index is 12.2. The number of piperazine rings is 1. The number of H-pyrrole nitrogens is 1. The lowest BCUT2D eigenvalue weighted by Gasteiger charge is -2.45. The number of rotatable bonds is 5. The summed E-state index contributed by atoms with van der Waals surface area (Å²) in [4.78, 5) is 40.6. The highest BCUT2D eigenvalue weighted by Crippen LogP contribution is 2.24. The minimum atomic E-state index is -0.181. The monoisotopic (exact) mass is 434 g/mol. The van der Waals surface area contributed by atoms with E-state index in [-0.39, 0.29) is 11.5 Å². The molecule has 2 N–H and O–H groups in total. The van der Waals surface area contributed by atoms with Crippen LogP contribution in [0.2, 0.25) is 0 Å². The molecule has 3 aromatic heterocycles. The molecule has 1 fully saturated rings. The minimum Gasteiger partial charge on any atom is -0.367 e. The van der Waals surface area contributed by atoms with Crippen LogP contribution in [0.25, 0.3) is 11.0 Å². The van der Waals surface area contributed by atoms with Crippen LogP contribution in [0, 0.1) is 0 Å². The van der Waals surface area contributed by atoms with Crippen molar-refractivity contribution in [1.82, 2.24) is 25.2 Å². The Bertz CT molecular complexity index is 1160. The second-order valence-electron chi connectivity index (χ2n) is 8.51. The predicted octanol–water partition coefficient (Wildman–Crippen LogP) is 2.34. The summed E-state index contributed by atoms with van der Waals surface area (Å²) >= 11 is 0. The van der Waals surface area contributed by atoms with Gasteiger partial charge in [0.1, 0.15) is 5.69 Å². The third kappa shape index (κ3) is 4.36. The molecule has 1 amide bonds. The number of hydrogen-bond acceptors (Lipinski definition) is 6. The second kappa shape index (κ2) is 9.08. The number of hydrogen-bond donors (Lipinski definition) is 2. The Labute approximate surface area is 187 Å². The number of pyridine rings is 3. The van der Waals surface area contributed by atoms with E-state index >= 15 is 0 Å². The molecule has 1 aliphatic rings. The van der Waals surface area contributed by atoms with Crippen molar-refractivity contribution in [3.63, 3.8) is 0 Å². The predicted molar refractivity (Wildman–Crippen MR) is 126 cm³/mol. The van der Waals surface area contributed by atoms with Crippen LogP contribution in [-0.4, -0.2) is 58.0 Å². The zero-order chi connectivity index (χ0) is 22.8. The molecule has 1 aliphatic heterocycles. The molecule has 4 heterocycles. The van der Waals surface area contributed by atoms with Gasteiger partial charge in [-0.2, -0.15) is 0 Å². The lowest BCUT2D eigenvalue weighted by Crippen LogP contribution is -2.56. The SMILES string of the molecule is CCc1cc2ncc(CN3[C@@H](C)CN(c4ccc(C(=O)NC)nc4)C[C@@H]3C)cc2[nH]c1=O. The Morgan fingerprint density at radius 2 is 1.91 bits per heavy atom. The largest absolute Gasteiger partial charge is 0.367 e. The topological polar surface area (TPSA) is 94.2 Å². The van der Waals surface area contributed by atoms with Crippen molar-refractivity contribution in [2.24, 2.45) is 0 Å². The molecule has 0 aliphatic carbocycles. The van der Waals surface area contributed by atoms with Gasteiger partial charge in [0.05, 0.1) is 22.9 Å². The van der Waals surface area contributed by atoms with Gasteiger partial charge in [0.2, 0.25) is 0 Å². The normalized spacial score (nSPS) is 19.3. The molecular formula is C24H30N6O2. The van der Waals surface area contributed by atoms with E-state index in [2.05, 4.69) is 43.9 Å². The van der Waals surface area contributed by atoms with E-state index in [1.807, 2.05) is 31.3 Å². The first-order valence-electron chi connectivity index (χ1n) is 11.1. The molecule has 0 aromatic carbocycles. The molecule has 2 atom stereocenters. The average molecular weight is 435 g/mol. The van der Waals surface area contributed by atoms with Gasteiger partial charge in [-0.1, -0.05) is 6.92 Å².